The Morgan fingerprint density at radius 3 is 2.49 bits per heavy atom. The van der Waals surface area contributed by atoms with Crippen LogP contribution in [0.2, 0.25) is 0 Å². The van der Waals surface area contributed by atoms with E-state index in [0.717, 1.165) is 16.6 Å². The topological polar surface area (TPSA) is 142 Å². The van der Waals surface area contributed by atoms with E-state index in [4.69, 9.17) is 14.6 Å². The molecule has 0 saturated carbocycles. The molecule has 0 spiro atoms. The summed E-state index contributed by atoms with van der Waals surface area (Å²) in [4.78, 5) is 38.9. The number of aromatic amines is 1. The minimum Gasteiger partial charge on any atom is -0.493 e. The second-order valence-electron chi connectivity index (χ2n) is 7.93. The van der Waals surface area contributed by atoms with Crippen LogP contribution in [0, 0.1) is 0 Å². The molecule has 3 amide bonds. The molecule has 5 N–H and O–H groups in total. The first-order valence-corrected chi connectivity index (χ1v) is 11.3. The lowest BCUT2D eigenvalue weighted by Gasteiger charge is -2.14. The zero-order chi connectivity index (χ0) is 25.4. The van der Waals surface area contributed by atoms with Gasteiger partial charge in [-0.15, -0.1) is 0 Å². The van der Waals surface area contributed by atoms with Crippen molar-refractivity contribution in [1.29, 1.82) is 0 Å². The van der Waals surface area contributed by atoms with Crippen LogP contribution in [0.3, 0.4) is 0 Å². The second kappa shape index (κ2) is 11.8. The Hall–Kier alpha value is -4.21. The Balaban J connectivity index is 1.57. The summed E-state index contributed by atoms with van der Waals surface area (Å²) >= 11 is 0. The van der Waals surface area contributed by atoms with Crippen LogP contribution >= 0.6 is 0 Å². The van der Waals surface area contributed by atoms with Crippen LogP contribution < -0.4 is 25.4 Å². The highest BCUT2D eigenvalue weighted by atomic mass is 16.5. The lowest BCUT2D eigenvalue weighted by Crippen LogP contribution is -2.46. The molecule has 1 heterocycles. The summed E-state index contributed by atoms with van der Waals surface area (Å²) in [6.07, 6.45) is 0.518. The fourth-order valence-corrected chi connectivity index (χ4v) is 3.70. The average molecular weight is 483 g/mol. The number of fused-ring (bicyclic) bond motifs is 1. The van der Waals surface area contributed by atoms with E-state index in [1.165, 1.54) is 7.11 Å². The minimum absolute atomic E-state index is 0.245. The number of amides is 3. The van der Waals surface area contributed by atoms with Gasteiger partial charge in [0.25, 0.3) is 5.91 Å². The number of ether oxygens (including phenoxy) is 2. The largest absolute Gasteiger partial charge is 0.493 e. The molecule has 0 aliphatic heterocycles. The van der Waals surface area contributed by atoms with Crippen LogP contribution in [0.1, 0.15) is 35.8 Å². The predicted molar refractivity (Wildman–Crippen MR) is 132 cm³/mol. The van der Waals surface area contributed by atoms with E-state index in [0.29, 0.717) is 48.6 Å². The van der Waals surface area contributed by atoms with Crippen LogP contribution in [-0.4, -0.2) is 54.8 Å². The molecule has 0 saturated heterocycles. The summed E-state index contributed by atoms with van der Waals surface area (Å²) in [5.41, 5.74) is 2.99. The number of nitrogens with one attached hydrogen (secondary N) is 4. The molecular formula is C25H30N4O6. The van der Waals surface area contributed by atoms with Gasteiger partial charge < -0.3 is 35.5 Å². The summed E-state index contributed by atoms with van der Waals surface area (Å²) in [6, 6.07) is 11.8. The maximum Gasteiger partial charge on any atom is 0.405 e. The predicted octanol–water partition coefficient (Wildman–Crippen LogP) is 3.53. The number of aromatic nitrogens is 1. The first-order chi connectivity index (χ1) is 16.8. The summed E-state index contributed by atoms with van der Waals surface area (Å²) in [5.74, 6) is 0.519. The number of benzene rings is 2. The van der Waals surface area contributed by atoms with Gasteiger partial charge in [-0.05, 0) is 55.7 Å². The third-order valence-electron chi connectivity index (χ3n) is 5.52. The van der Waals surface area contributed by atoms with Crippen LogP contribution in [0.4, 0.5) is 10.5 Å². The van der Waals surface area contributed by atoms with Gasteiger partial charge >= 0.3 is 6.09 Å². The Bertz CT molecular complexity index is 1210. The van der Waals surface area contributed by atoms with Gasteiger partial charge in [0.2, 0.25) is 5.91 Å². The zero-order valence-electron chi connectivity index (χ0n) is 19.9. The van der Waals surface area contributed by atoms with Crippen molar-refractivity contribution in [3.63, 3.8) is 0 Å². The van der Waals surface area contributed by atoms with E-state index in [1.807, 2.05) is 18.2 Å². The SMILES string of the molecule is CC[C@H](NC(=O)O)C(=O)NCCCc1cc2cc(C(=O)Nc3ccc(OC)c(OC)c3)ccc2[nH]1. The van der Waals surface area contributed by atoms with Crippen molar-refractivity contribution in [3.05, 3.63) is 53.7 Å². The molecule has 0 aliphatic rings. The number of anilines is 1. The number of methoxy groups -OCH3 is 2. The summed E-state index contributed by atoms with van der Waals surface area (Å²) in [7, 11) is 3.08. The number of hydrogen-bond acceptors (Lipinski definition) is 5. The molecule has 3 aromatic rings. The van der Waals surface area contributed by atoms with Crippen molar-refractivity contribution < 1.29 is 29.0 Å². The summed E-state index contributed by atoms with van der Waals surface area (Å²) in [6.45, 7) is 2.16. The summed E-state index contributed by atoms with van der Waals surface area (Å²) in [5, 5.41) is 17.5. The highest BCUT2D eigenvalue weighted by Gasteiger charge is 2.17. The number of carbonyl (C=O) groups excluding carboxylic acids is 2. The molecule has 10 heteroatoms. The standard InChI is InChI=1S/C25H30N4O6/c1-4-19(29-25(32)33)24(31)26-11-5-6-17-13-16-12-15(7-9-20(16)27-17)23(30)28-18-8-10-21(34-2)22(14-18)35-3/h7-10,12-14,19,27,29H,4-6,11H2,1-3H3,(H,26,31)(H,28,30)(H,32,33)/t19-/m0/s1. The fraction of sp³-hybridized carbons (Fsp3) is 0.320. The number of hydrogen-bond donors (Lipinski definition) is 5. The van der Waals surface area contributed by atoms with Crippen molar-refractivity contribution in [2.24, 2.45) is 0 Å². The van der Waals surface area contributed by atoms with Gasteiger partial charge in [-0.2, -0.15) is 0 Å². The monoisotopic (exact) mass is 482 g/mol. The third kappa shape index (κ3) is 6.66. The number of aryl methyl sites for hydroxylation is 1. The molecule has 0 radical (unpaired) electrons. The smallest absolute Gasteiger partial charge is 0.405 e. The molecule has 10 nitrogen and oxygen atoms in total. The molecule has 3 rings (SSSR count). The van der Waals surface area contributed by atoms with Crippen LogP contribution in [0.25, 0.3) is 10.9 Å². The highest BCUT2D eigenvalue weighted by Crippen LogP contribution is 2.30. The lowest BCUT2D eigenvalue weighted by molar-refractivity contribution is -0.123. The Labute approximate surface area is 203 Å². The van der Waals surface area contributed by atoms with Gasteiger partial charge in [-0.3, -0.25) is 9.59 Å². The molecule has 0 bridgehead atoms. The van der Waals surface area contributed by atoms with Crippen molar-refractivity contribution in [2.45, 2.75) is 32.2 Å². The summed E-state index contributed by atoms with van der Waals surface area (Å²) < 4.78 is 10.5. The van der Waals surface area contributed by atoms with Gasteiger partial charge in [-0.1, -0.05) is 6.92 Å². The molecule has 0 fully saturated rings. The van der Waals surface area contributed by atoms with Crippen molar-refractivity contribution >= 4 is 34.5 Å². The van der Waals surface area contributed by atoms with Gasteiger partial charge in [-0.25, -0.2) is 4.79 Å². The maximum atomic E-state index is 12.8. The average Bonchev–Trinajstić information content (AvgIpc) is 3.26. The molecular weight excluding hydrogens is 452 g/mol. The Kier molecular flexibility index (Phi) is 8.55. The molecule has 35 heavy (non-hydrogen) atoms. The van der Waals surface area contributed by atoms with Gasteiger partial charge in [0, 0.05) is 40.5 Å². The molecule has 0 aliphatic carbocycles. The number of rotatable bonds is 11. The zero-order valence-corrected chi connectivity index (χ0v) is 19.9. The van der Waals surface area contributed by atoms with E-state index in [-0.39, 0.29) is 11.8 Å². The highest BCUT2D eigenvalue weighted by molar-refractivity contribution is 6.06. The first-order valence-electron chi connectivity index (χ1n) is 11.3. The van der Waals surface area contributed by atoms with E-state index in [2.05, 4.69) is 20.9 Å². The van der Waals surface area contributed by atoms with E-state index in [9.17, 15) is 14.4 Å². The van der Waals surface area contributed by atoms with Crippen molar-refractivity contribution in [1.82, 2.24) is 15.6 Å². The second-order valence-corrected chi connectivity index (χ2v) is 7.93. The van der Waals surface area contributed by atoms with Crippen LogP contribution in [0.5, 0.6) is 11.5 Å². The van der Waals surface area contributed by atoms with Crippen LogP contribution in [0.15, 0.2) is 42.5 Å². The van der Waals surface area contributed by atoms with Gasteiger partial charge in [0.05, 0.1) is 14.2 Å². The molecule has 2 aromatic carbocycles. The van der Waals surface area contributed by atoms with Gasteiger partial charge in [0.1, 0.15) is 6.04 Å². The van der Waals surface area contributed by atoms with E-state index >= 15 is 0 Å². The molecule has 0 unspecified atom stereocenters. The quantitative estimate of drug-likeness (QED) is 0.265. The van der Waals surface area contributed by atoms with Gasteiger partial charge in [0.15, 0.2) is 11.5 Å². The van der Waals surface area contributed by atoms with E-state index < -0.39 is 12.1 Å². The normalized spacial score (nSPS) is 11.5. The molecule has 1 aromatic heterocycles. The number of carboxylic acid groups (broad SMARTS) is 1. The van der Waals surface area contributed by atoms with Crippen molar-refractivity contribution in [2.75, 3.05) is 26.1 Å². The number of carbonyl (C=O) groups is 3. The molecule has 1 atom stereocenters. The Morgan fingerprint density at radius 1 is 1.03 bits per heavy atom. The third-order valence-corrected chi connectivity index (χ3v) is 5.52. The maximum absolute atomic E-state index is 12.8. The van der Waals surface area contributed by atoms with Crippen LogP contribution in [-0.2, 0) is 11.2 Å². The lowest BCUT2D eigenvalue weighted by atomic mass is 10.1. The minimum atomic E-state index is -1.22. The van der Waals surface area contributed by atoms with E-state index in [1.54, 1.807) is 38.3 Å². The fourth-order valence-electron chi connectivity index (χ4n) is 3.70. The molecule has 186 valence electrons. The number of H-pyrrole nitrogens is 1. The Morgan fingerprint density at radius 2 is 1.80 bits per heavy atom. The van der Waals surface area contributed by atoms with Crippen molar-refractivity contribution in [3.8, 4) is 11.5 Å². The first kappa shape index (κ1) is 25.4.